The fourth-order valence-electron chi connectivity index (χ4n) is 2.75. The van der Waals surface area contributed by atoms with E-state index in [4.69, 9.17) is 4.98 Å². The number of pyridine rings is 3. The molecule has 5 aromatic rings. The van der Waals surface area contributed by atoms with Crippen molar-refractivity contribution in [2.75, 3.05) is 0 Å². The Labute approximate surface area is 136 Å². The summed E-state index contributed by atoms with van der Waals surface area (Å²) in [7, 11) is 0. The molecule has 114 valence electrons. The van der Waals surface area contributed by atoms with Gasteiger partial charge in [0.1, 0.15) is 11.4 Å². The van der Waals surface area contributed by atoms with Crippen LogP contribution in [0.1, 0.15) is 0 Å². The zero-order valence-corrected chi connectivity index (χ0v) is 12.5. The topological polar surface area (TPSA) is 73.3 Å². The maximum Gasteiger partial charge on any atom is 0.139 e. The van der Waals surface area contributed by atoms with E-state index in [0.29, 0.717) is 0 Å². The van der Waals surface area contributed by atoms with Crippen molar-refractivity contribution < 1.29 is 0 Å². The van der Waals surface area contributed by atoms with Gasteiger partial charge in [-0.05, 0) is 36.4 Å². The predicted octanol–water partition coefficient (Wildman–Crippen LogP) is 2.50. The second-order valence-corrected chi connectivity index (χ2v) is 5.35. The highest BCUT2D eigenvalue weighted by Crippen LogP contribution is 2.25. The highest BCUT2D eigenvalue weighted by atomic mass is 15.4. The molecular weight excluding hydrogens is 302 g/mol. The quantitative estimate of drug-likeness (QED) is 0.500. The first kappa shape index (κ1) is 12.9. The standard InChI is InChI=1S/C17H11N7/c1-3-10-23-14(8-1)16(19-21-23)12-6-5-7-13(18-12)17-15-9-2-4-11-24(15)22-20-17/h1-11H. The van der Waals surface area contributed by atoms with Gasteiger partial charge in [-0.1, -0.05) is 28.6 Å². The molecule has 0 unspecified atom stereocenters. The van der Waals surface area contributed by atoms with Crippen molar-refractivity contribution in [2.45, 2.75) is 0 Å². The molecule has 0 N–H and O–H groups in total. The molecule has 0 aliphatic rings. The molecular formula is C17H11N7. The van der Waals surface area contributed by atoms with Gasteiger partial charge in [0.15, 0.2) is 0 Å². The molecule has 0 saturated heterocycles. The van der Waals surface area contributed by atoms with E-state index in [2.05, 4.69) is 20.6 Å². The minimum Gasteiger partial charge on any atom is -0.244 e. The molecule has 0 aliphatic carbocycles. The smallest absolute Gasteiger partial charge is 0.139 e. The maximum atomic E-state index is 4.73. The number of aromatic nitrogens is 7. The van der Waals surface area contributed by atoms with Crippen molar-refractivity contribution in [3.05, 3.63) is 67.0 Å². The zero-order chi connectivity index (χ0) is 15.9. The molecule has 0 saturated carbocycles. The summed E-state index contributed by atoms with van der Waals surface area (Å²) in [5.41, 5.74) is 4.82. The molecule has 7 nitrogen and oxygen atoms in total. The molecule has 24 heavy (non-hydrogen) atoms. The number of rotatable bonds is 2. The van der Waals surface area contributed by atoms with Crippen molar-refractivity contribution in [2.24, 2.45) is 0 Å². The third kappa shape index (κ3) is 1.88. The van der Waals surface area contributed by atoms with Crippen LogP contribution >= 0.6 is 0 Å². The Balaban J connectivity index is 1.69. The van der Waals surface area contributed by atoms with Crippen LogP contribution in [0.3, 0.4) is 0 Å². The molecule has 0 bridgehead atoms. The minimum absolute atomic E-state index is 0.744. The molecule has 0 aliphatic heterocycles. The lowest BCUT2D eigenvalue weighted by Gasteiger charge is -2.01. The summed E-state index contributed by atoms with van der Waals surface area (Å²) in [5, 5.41) is 16.8. The zero-order valence-electron chi connectivity index (χ0n) is 12.5. The first-order valence-electron chi connectivity index (χ1n) is 7.48. The van der Waals surface area contributed by atoms with Crippen molar-refractivity contribution in [1.82, 2.24) is 34.6 Å². The van der Waals surface area contributed by atoms with Gasteiger partial charge in [0.2, 0.25) is 0 Å². The fourth-order valence-corrected chi connectivity index (χ4v) is 2.75. The van der Waals surface area contributed by atoms with E-state index in [1.807, 2.05) is 67.0 Å². The minimum atomic E-state index is 0.744. The van der Waals surface area contributed by atoms with Gasteiger partial charge in [0.25, 0.3) is 0 Å². The van der Waals surface area contributed by atoms with Gasteiger partial charge in [-0.25, -0.2) is 14.0 Å². The van der Waals surface area contributed by atoms with Crippen LogP contribution in [0.5, 0.6) is 0 Å². The average Bonchev–Trinajstić information content (AvgIpc) is 3.26. The van der Waals surface area contributed by atoms with Crippen LogP contribution in [-0.2, 0) is 0 Å². The monoisotopic (exact) mass is 313 g/mol. The van der Waals surface area contributed by atoms with Crippen LogP contribution in [-0.4, -0.2) is 34.6 Å². The van der Waals surface area contributed by atoms with Gasteiger partial charge in [0, 0.05) is 12.4 Å². The summed E-state index contributed by atoms with van der Waals surface area (Å²) >= 11 is 0. The third-order valence-electron chi connectivity index (χ3n) is 3.88. The van der Waals surface area contributed by atoms with Crippen LogP contribution in [0.4, 0.5) is 0 Å². The largest absolute Gasteiger partial charge is 0.244 e. The average molecular weight is 313 g/mol. The normalized spacial score (nSPS) is 11.3. The Morgan fingerprint density at radius 3 is 1.67 bits per heavy atom. The number of hydrogen-bond donors (Lipinski definition) is 0. The van der Waals surface area contributed by atoms with Gasteiger partial charge in [-0.3, -0.25) is 0 Å². The van der Waals surface area contributed by atoms with Crippen LogP contribution in [0.15, 0.2) is 67.0 Å². The molecule has 0 spiro atoms. The van der Waals surface area contributed by atoms with Crippen molar-refractivity contribution in [1.29, 1.82) is 0 Å². The van der Waals surface area contributed by atoms with Crippen LogP contribution in [0.2, 0.25) is 0 Å². The Morgan fingerprint density at radius 2 is 1.12 bits per heavy atom. The summed E-state index contributed by atoms with van der Waals surface area (Å²) in [6.07, 6.45) is 3.73. The van der Waals surface area contributed by atoms with Gasteiger partial charge >= 0.3 is 0 Å². The van der Waals surface area contributed by atoms with Crippen molar-refractivity contribution >= 4 is 11.0 Å². The lowest BCUT2D eigenvalue weighted by atomic mass is 10.2. The van der Waals surface area contributed by atoms with Crippen LogP contribution in [0, 0.1) is 0 Å². The molecule has 5 rings (SSSR count). The fraction of sp³-hybridized carbons (Fsp3) is 0. The highest BCUT2D eigenvalue weighted by Gasteiger charge is 2.13. The number of fused-ring (bicyclic) bond motifs is 2. The molecule has 0 radical (unpaired) electrons. The summed E-state index contributed by atoms with van der Waals surface area (Å²) < 4.78 is 3.47. The molecule has 0 aromatic carbocycles. The van der Waals surface area contributed by atoms with E-state index in [-0.39, 0.29) is 0 Å². The van der Waals surface area contributed by atoms with E-state index in [9.17, 15) is 0 Å². The van der Waals surface area contributed by atoms with Gasteiger partial charge in [-0.2, -0.15) is 0 Å². The Morgan fingerprint density at radius 1 is 0.583 bits per heavy atom. The van der Waals surface area contributed by atoms with Crippen LogP contribution in [0.25, 0.3) is 33.8 Å². The maximum absolute atomic E-state index is 4.73. The molecule has 7 heteroatoms. The second kappa shape index (κ2) is 4.95. The van der Waals surface area contributed by atoms with E-state index in [1.165, 1.54) is 0 Å². The SMILES string of the molecule is c1cc(-c2nnn3ccccc23)nc(-c2nnn3ccccc23)c1. The first-order chi connectivity index (χ1) is 11.9. The second-order valence-electron chi connectivity index (χ2n) is 5.35. The van der Waals surface area contributed by atoms with E-state index in [1.54, 1.807) is 9.03 Å². The first-order valence-corrected chi connectivity index (χ1v) is 7.48. The predicted molar refractivity (Wildman–Crippen MR) is 88.2 cm³/mol. The number of hydrogen-bond acceptors (Lipinski definition) is 5. The Bertz CT molecular complexity index is 1080. The summed E-state index contributed by atoms with van der Waals surface area (Å²) in [6.45, 7) is 0. The summed E-state index contributed by atoms with van der Waals surface area (Å²) in [6, 6.07) is 17.5. The van der Waals surface area contributed by atoms with E-state index < -0.39 is 0 Å². The molecule has 0 fully saturated rings. The lowest BCUT2D eigenvalue weighted by Crippen LogP contribution is -1.90. The lowest BCUT2D eigenvalue weighted by molar-refractivity contribution is 0.855. The van der Waals surface area contributed by atoms with Gasteiger partial charge in [0.05, 0.1) is 22.4 Å². The summed E-state index contributed by atoms with van der Waals surface area (Å²) in [5.74, 6) is 0. The highest BCUT2D eigenvalue weighted by molar-refractivity contribution is 5.78. The molecule has 5 aromatic heterocycles. The van der Waals surface area contributed by atoms with E-state index in [0.717, 1.165) is 33.8 Å². The molecule has 0 amide bonds. The number of nitrogens with zero attached hydrogens (tertiary/aromatic N) is 7. The van der Waals surface area contributed by atoms with Crippen molar-refractivity contribution in [3.63, 3.8) is 0 Å². The van der Waals surface area contributed by atoms with Gasteiger partial charge in [-0.15, -0.1) is 10.2 Å². The van der Waals surface area contributed by atoms with E-state index >= 15 is 0 Å². The summed E-state index contributed by atoms with van der Waals surface area (Å²) in [4.78, 5) is 4.73. The third-order valence-corrected chi connectivity index (χ3v) is 3.88. The molecule has 0 atom stereocenters. The van der Waals surface area contributed by atoms with Gasteiger partial charge < -0.3 is 0 Å². The Hall–Kier alpha value is -3.61. The Kier molecular flexibility index (Phi) is 2.66. The molecule has 5 heterocycles. The van der Waals surface area contributed by atoms with Crippen molar-refractivity contribution in [3.8, 4) is 22.8 Å². The van der Waals surface area contributed by atoms with Crippen LogP contribution < -0.4 is 0 Å².